The number of phenolic OH excluding ortho intramolecular Hbond substituents is 1. The van der Waals surface area contributed by atoms with Crippen molar-refractivity contribution in [1.29, 1.82) is 0 Å². The van der Waals surface area contributed by atoms with Gasteiger partial charge < -0.3 is 10.4 Å². The molecule has 0 aliphatic heterocycles. The van der Waals surface area contributed by atoms with Crippen LogP contribution in [0.2, 0.25) is 0 Å². The number of aromatic hydroxyl groups is 1. The number of carbonyl (C=O) groups is 1. The Balaban J connectivity index is 1.44. The summed E-state index contributed by atoms with van der Waals surface area (Å²) < 4.78 is 70.5. The fourth-order valence-electron chi connectivity index (χ4n) is 3.81. The normalized spacial score (nSPS) is 11.1. The predicted molar refractivity (Wildman–Crippen MR) is 135 cm³/mol. The van der Waals surface area contributed by atoms with Gasteiger partial charge in [0.1, 0.15) is 11.6 Å². The summed E-state index contributed by atoms with van der Waals surface area (Å²) in [6, 6.07) is 15.6. The van der Waals surface area contributed by atoms with Crippen LogP contribution in [0.25, 0.3) is 5.69 Å². The maximum absolute atomic E-state index is 14.2. The zero-order chi connectivity index (χ0) is 27.9. The molecule has 4 aromatic rings. The number of carbonyl (C=O) groups excluding carboxylic acids is 1. The lowest BCUT2D eigenvalue weighted by Crippen LogP contribution is -2.22. The van der Waals surface area contributed by atoms with Gasteiger partial charge in [0.2, 0.25) is 11.7 Å². The minimum absolute atomic E-state index is 0.0575. The van der Waals surface area contributed by atoms with Crippen LogP contribution >= 0.6 is 11.8 Å². The van der Waals surface area contributed by atoms with Crippen molar-refractivity contribution in [2.75, 3.05) is 0 Å². The van der Waals surface area contributed by atoms with Crippen molar-refractivity contribution in [2.24, 2.45) is 0 Å². The van der Waals surface area contributed by atoms with E-state index in [1.165, 1.54) is 16.7 Å². The summed E-state index contributed by atoms with van der Waals surface area (Å²) in [6.45, 7) is 0.426. The summed E-state index contributed by atoms with van der Waals surface area (Å²) in [7, 11) is 0. The molecule has 0 fully saturated rings. The summed E-state index contributed by atoms with van der Waals surface area (Å²) >= 11 is 0.730. The number of aryl methyl sites for hydroxylation is 1. The highest BCUT2D eigenvalue weighted by atomic mass is 32.2. The van der Waals surface area contributed by atoms with E-state index in [4.69, 9.17) is 0 Å². The fourth-order valence-corrected chi connectivity index (χ4v) is 4.78. The van der Waals surface area contributed by atoms with E-state index in [2.05, 4.69) is 15.5 Å². The van der Waals surface area contributed by atoms with Gasteiger partial charge in [-0.15, -0.1) is 10.2 Å². The average Bonchev–Trinajstić information content (AvgIpc) is 3.35. The number of nitrogens with one attached hydrogen (secondary N) is 1. The van der Waals surface area contributed by atoms with Crippen LogP contribution in [-0.4, -0.2) is 25.8 Å². The number of aromatic nitrogens is 3. The standard InChI is InChI=1S/C27H23F5N4O2S/c28-22-19(23(29)25(31)26(32)24(22)30)15-39-27-35-34-20(36(27)17-9-6-10-18(37)13-17)11-4-5-12-21(38)33-14-16-7-2-1-3-8-16/h1-3,6-10,13,37H,4-5,11-12,14-15H2,(H,33,38). The van der Waals surface area contributed by atoms with Crippen molar-refractivity contribution >= 4 is 17.7 Å². The van der Waals surface area contributed by atoms with Crippen molar-refractivity contribution in [3.8, 4) is 11.4 Å². The van der Waals surface area contributed by atoms with Crippen LogP contribution in [0.1, 0.15) is 36.2 Å². The molecule has 1 amide bonds. The number of nitrogens with zero attached hydrogens (tertiary/aromatic N) is 3. The second-order valence-electron chi connectivity index (χ2n) is 8.56. The molecule has 0 radical (unpaired) electrons. The Morgan fingerprint density at radius 1 is 0.872 bits per heavy atom. The molecule has 0 atom stereocenters. The van der Waals surface area contributed by atoms with Gasteiger partial charge >= 0.3 is 0 Å². The molecule has 2 N–H and O–H groups in total. The second-order valence-corrected chi connectivity index (χ2v) is 9.50. The summed E-state index contributed by atoms with van der Waals surface area (Å²) in [5, 5.41) is 21.1. The van der Waals surface area contributed by atoms with Crippen molar-refractivity contribution in [2.45, 2.75) is 43.1 Å². The number of rotatable bonds is 11. The largest absolute Gasteiger partial charge is 0.508 e. The van der Waals surface area contributed by atoms with Gasteiger partial charge in [-0.05, 0) is 30.5 Å². The lowest BCUT2D eigenvalue weighted by molar-refractivity contribution is -0.121. The topological polar surface area (TPSA) is 80.0 Å². The van der Waals surface area contributed by atoms with E-state index in [9.17, 15) is 31.9 Å². The van der Waals surface area contributed by atoms with Gasteiger partial charge in [0.05, 0.1) is 5.69 Å². The molecule has 0 saturated heterocycles. The van der Waals surface area contributed by atoms with Crippen LogP contribution in [-0.2, 0) is 23.5 Å². The van der Waals surface area contributed by atoms with Gasteiger partial charge in [-0.2, -0.15) is 0 Å². The number of unbranched alkanes of at least 4 members (excludes halogenated alkanes) is 1. The molecular formula is C27H23F5N4O2S. The Hall–Kier alpha value is -3.93. The number of thioether (sulfide) groups is 1. The Morgan fingerprint density at radius 2 is 1.56 bits per heavy atom. The molecule has 0 bridgehead atoms. The number of amides is 1. The first-order valence-corrected chi connectivity index (χ1v) is 12.9. The van der Waals surface area contributed by atoms with E-state index >= 15 is 0 Å². The number of halogens is 5. The third-order valence-corrected chi connectivity index (χ3v) is 6.78. The molecule has 0 saturated carbocycles. The van der Waals surface area contributed by atoms with Gasteiger partial charge in [-0.1, -0.05) is 48.2 Å². The van der Waals surface area contributed by atoms with E-state index in [1.807, 2.05) is 30.3 Å². The molecule has 12 heteroatoms. The van der Waals surface area contributed by atoms with Crippen molar-refractivity contribution in [3.63, 3.8) is 0 Å². The summed E-state index contributed by atoms with van der Waals surface area (Å²) in [6.07, 6.45) is 1.76. The molecule has 39 heavy (non-hydrogen) atoms. The molecule has 0 spiro atoms. The number of benzene rings is 3. The fraction of sp³-hybridized carbons (Fsp3) is 0.222. The smallest absolute Gasteiger partial charge is 0.220 e. The molecule has 0 unspecified atom stereocenters. The molecule has 0 aliphatic carbocycles. The molecule has 6 nitrogen and oxygen atoms in total. The highest BCUT2D eigenvalue weighted by Gasteiger charge is 2.26. The molecule has 204 valence electrons. The molecule has 1 aromatic heterocycles. The summed E-state index contributed by atoms with van der Waals surface area (Å²) in [4.78, 5) is 12.2. The van der Waals surface area contributed by atoms with Crippen LogP contribution in [0.5, 0.6) is 5.75 Å². The van der Waals surface area contributed by atoms with Crippen LogP contribution in [0.3, 0.4) is 0 Å². The lowest BCUT2D eigenvalue weighted by atomic mass is 10.1. The SMILES string of the molecule is O=C(CCCCc1nnc(SCc2c(F)c(F)c(F)c(F)c2F)n1-c1cccc(O)c1)NCc1ccccc1. The Kier molecular flexibility index (Phi) is 9.18. The minimum Gasteiger partial charge on any atom is -0.508 e. The van der Waals surface area contributed by atoms with Gasteiger partial charge in [-0.3, -0.25) is 9.36 Å². The van der Waals surface area contributed by atoms with Gasteiger partial charge in [-0.25, -0.2) is 22.0 Å². The summed E-state index contributed by atoms with van der Waals surface area (Å²) in [5.41, 5.74) is 0.446. The van der Waals surface area contributed by atoms with Crippen LogP contribution in [0.15, 0.2) is 59.8 Å². The quantitative estimate of drug-likeness (QED) is 0.0772. The highest BCUT2D eigenvalue weighted by molar-refractivity contribution is 7.98. The number of phenols is 1. The van der Waals surface area contributed by atoms with Gasteiger partial charge in [0.25, 0.3) is 0 Å². The zero-order valence-electron chi connectivity index (χ0n) is 20.4. The predicted octanol–water partition coefficient (Wildman–Crippen LogP) is 5.99. The maximum atomic E-state index is 14.2. The maximum Gasteiger partial charge on any atom is 0.220 e. The Bertz CT molecular complexity index is 1440. The first-order valence-electron chi connectivity index (χ1n) is 11.9. The van der Waals surface area contributed by atoms with Crippen molar-refractivity contribution in [3.05, 3.63) is 101 Å². The molecule has 0 aliphatic rings. The van der Waals surface area contributed by atoms with Crippen molar-refractivity contribution < 1.29 is 31.9 Å². The molecule has 1 heterocycles. The average molecular weight is 563 g/mol. The third-order valence-electron chi connectivity index (χ3n) is 5.82. The van der Waals surface area contributed by atoms with Crippen molar-refractivity contribution in [1.82, 2.24) is 20.1 Å². The van der Waals surface area contributed by atoms with E-state index in [0.717, 1.165) is 17.3 Å². The molecular weight excluding hydrogens is 539 g/mol. The van der Waals surface area contributed by atoms with Gasteiger partial charge in [0.15, 0.2) is 28.4 Å². The zero-order valence-corrected chi connectivity index (χ0v) is 21.3. The molecule has 4 rings (SSSR count). The number of hydrogen-bond acceptors (Lipinski definition) is 5. The highest BCUT2D eigenvalue weighted by Crippen LogP contribution is 2.31. The van der Waals surface area contributed by atoms with Crippen LogP contribution in [0.4, 0.5) is 22.0 Å². The third kappa shape index (κ3) is 6.75. The van der Waals surface area contributed by atoms with E-state index in [0.29, 0.717) is 37.3 Å². The second kappa shape index (κ2) is 12.7. The summed E-state index contributed by atoms with van der Waals surface area (Å²) in [5.74, 6) is -10.4. The first-order chi connectivity index (χ1) is 18.8. The molecule has 3 aromatic carbocycles. The number of hydrogen-bond donors (Lipinski definition) is 2. The monoisotopic (exact) mass is 562 g/mol. The lowest BCUT2D eigenvalue weighted by Gasteiger charge is -2.12. The minimum atomic E-state index is -2.22. The van der Waals surface area contributed by atoms with Gasteiger partial charge in [0, 0.05) is 36.8 Å². The first kappa shape index (κ1) is 28.1. The Labute approximate surface area is 224 Å². The van der Waals surface area contributed by atoms with Crippen LogP contribution in [0, 0.1) is 29.1 Å². The van der Waals surface area contributed by atoms with E-state index in [-0.39, 0.29) is 23.2 Å². The Morgan fingerprint density at radius 3 is 2.26 bits per heavy atom. The van der Waals surface area contributed by atoms with Crippen LogP contribution < -0.4 is 5.32 Å². The van der Waals surface area contributed by atoms with E-state index in [1.54, 1.807) is 12.1 Å². The van der Waals surface area contributed by atoms with E-state index < -0.39 is 40.4 Å².